The maximum atomic E-state index is 13.1. The van der Waals surface area contributed by atoms with E-state index in [9.17, 15) is 53.5 Å². The van der Waals surface area contributed by atoms with Gasteiger partial charge in [-0.15, -0.1) is 0 Å². The summed E-state index contributed by atoms with van der Waals surface area (Å²) in [7, 11) is 0. The molecule has 0 spiro atoms. The predicted octanol–water partition coefficient (Wildman–Crippen LogP) is 3.65. The van der Waals surface area contributed by atoms with Crippen LogP contribution < -0.4 is 5.32 Å². The molecule has 0 unspecified atom stereocenters. The van der Waals surface area contributed by atoms with E-state index in [0.717, 1.165) is 5.32 Å². The molecule has 0 radical (unpaired) electrons. The molecule has 0 fully saturated rings. The minimum atomic E-state index is -6.33. The number of carbonyl (C=O) groups excluding carboxylic acids is 2. The summed E-state index contributed by atoms with van der Waals surface area (Å²) < 4.78 is 129. The van der Waals surface area contributed by atoms with Crippen molar-refractivity contribution in [3.05, 3.63) is 35.9 Å². The average molecular weight is 443 g/mol. The molecular weight excluding hydrogens is 432 g/mol. The summed E-state index contributed by atoms with van der Waals surface area (Å²) in [5, 5.41) is 1.15. The predicted molar refractivity (Wildman–Crippen MR) is 75.0 cm³/mol. The molecule has 0 saturated carbocycles. The first-order valence-corrected chi connectivity index (χ1v) is 7.41. The summed E-state index contributed by atoms with van der Waals surface area (Å²) in [5.74, 6) is -17.9. The summed E-state index contributed by atoms with van der Waals surface area (Å²) in [4.78, 5) is 22.2. The molecule has 0 aromatic heterocycles. The maximum absolute atomic E-state index is 13.1. The van der Waals surface area contributed by atoms with Gasteiger partial charge in [0.05, 0.1) is 6.04 Å². The first kappa shape index (κ1) is 24.5. The van der Waals surface area contributed by atoms with Gasteiger partial charge in [-0.05, 0) is 12.0 Å². The number of alkyl halides is 10. The highest BCUT2D eigenvalue weighted by Crippen LogP contribution is 2.37. The van der Waals surface area contributed by atoms with Crippen LogP contribution in [0.3, 0.4) is 0 Å². The molecule has 1 aromatic rings. The molecule has 1 N–H and O–H groups in total. The Hall–Kier alpha value is -2.54. The number of ether oxygens (including phenoxy) is 1. The molecule has 29 heavy (non-hydrogen) atoms. The molecule has 1 atom stereocenters. The topological polar surface area (TPSA) is 55.4 Å². The van der Waals surface area contributed by atoms with E-state index in [1.165, 1.54) is 30.3 Å². The van der Waals surface area contributed by atoms with Gasteiger partial charge >= 0.3 is 36.1 Å². The van der Waals surface area contributed by atoms with Crippen LogP contribution in [0.25, 0.3) is 0 Å². The molecule has 0 heterocycles. The SMILES string of the molecule is O=C(N[C@H](COC(=O)C(F)(F)C(F)(F)F)Cc1ccccc1)C(F)(F)C(F)(F)F. The van der Waals surface area contributed by atoms with E-state index in [1.54, 1.807) is 0 Å². The fraction of sp³-hybridized carbons (Fsp3) is 0.467. The molecule has 0 aliphatic carbocycles. The van der Waals surface area contributed by atoms with Crippen LogP contribution in [0.15, 0.2) is 30.3 Å². The van der Waals surface area contributed by atoms with E-state index in [1.807, 2.05) is 0 Å². The van der Waals surface area contributed by atoms with E-state index in [2.05, 4.69) is 4.74 Å². The Kier molecular flexibility index (Phi) is 7.14. The highest BCUT2D eigenvalue weighted by atomic mass is 19.4. The molecule has 1 rings (SSSR count). The molecule has 0 aliphatic rings. The van der Waals surface area contributed by atoms with Crippen molar-refractivity contribution in [3.63, 3.8) is 0 Å². The van der Waals surface area contributed by atoms with E-state index in [-0.39, 0.29) is 5.56 Å². The first-order chi connectivity index (χ1) is 13.0. The van der Waals surface area contributed by atoms with Gasteiger partial charge in [0, 0.05) is 0 Å². The quantitative estimate of drug-likeness (QED) is 0.517. The van der Waals surface area contributed by atoms with E-state index >= 15 is 0 Å². The van der Waals surface area contributed by atoms with Crippen LogP contribution >= 0.6 is 0 Å². The lowest BCUT2D eigenvalue weighted by Crippen LogP contribution is -2.55. The Morgan fingerprint density at radius 3 is 1.76 bits per heavy atom. The van der Waals surface area contributed by atoms with Crippen molar-refractivity contribution in [1.82, 2.24) is 5.32 Å². The Labute approximate surface area is 155 Å². The van der Waals surface area contributed by atoms with Gasteiger partial charge in [-0.25, -0.2) is 4.79 Å². The van der Waals surface area contributed by atoms with Crippen LogP contribution in [0.2, 0.25) is 0 Å². The van der Waals surface area contributed by atoms with Crippen LogP contribution in [0.4, 0.5) is 43.9 Å². The third-order valence-corrected chi connectivity index (χ3v) is 3.33. The van der Waals surface area contributed by atoms with Gasteiger partial charge in [-0.2, -0.15) is 43.9 Å². The summed E-state index contributed by atoms with van der Waals surface area (Å²) in [5.41, 5.74) is 0.159. The van der Waals surface area contributed by atoms with Crippen molar-refractivity contribution in [2.45, 2.75) is 36.7 Å². The Bertz CT molecular complexity index is 715. The molecule has 1 aromatic carbocycles. The maximum Gasteiger partial charge on any atom is 0.465 e. The van der Waals surface area contributed by atoms with Crippen LogP contribution in [0.1, 0.15) is 5.56 Å². The second-order valence-corrected chi connectivity index (χ2v) is 5.60. The number of benzene rings is 1. The largest absolute Gasteiger partial charge is 0.465 e. The van der Waals surface area contributed by atoms with E-state index in [0.29, 0.717) is 0 Å². The van der Waals surface area contributed by atoms with Crippen LogP contribution in [0, 0.1) is 0 Å². The lowest BCUT2D eigenvalue weighted by atomic mass is 10.1. The van der Waals surface area contributed by atoms with E-state index in [4.69, 9.17) is 0 Å². The van der Waals surface area contributed by atoms with Gasteiger partial charge in [0.15, 0.2) is 0 Å². The lowest BCUT2D eigenvalue weighted by molar-refractivity contribution is -0.281. The van der Waals surface area contributed by atoms with Gasteiger partial charge in [0.25, 0.3) is 0 Å². The van der Waals surface area contributed by atoms with Crippen molar-refractivity contribution in [2.75, 3.05) is 6.61 Å². The van der Waals surface area contributed by atoms with Crippen LogP contribution in [-0.4, -0.2) is 48.7 Å². The van der Waals surface area contributed by atoms with Crippen molar-refractivity contribution in [2.24, 2.45) is 0 Å². The number of esters is 1. The van der Waals surface area contributed by atoms with Crippen molar-refractivity contribution in [1.29, 1.82) is 0 Å². The summed E-state index contributed by atoms with van der Waals surface area (Å²) >= 11 is 0. The molecular formula is C15H11F10NO3. The van der Waals surface area contributed by atoms with Crippen molar-refractivity contribution < 1.29 is 58.2 Å². The number of hydrogen-bond acceptors (Lipinski definition) is 3. The Balaban J connectivity index is 2.98. The minimum Gasteiger partial charge on any atom is -0.459 e. The number of nitrogens with one attached hydrogen (secondary N) is 1. The minimum absolute atomic E-state index is 0.159. The molecule has 0 bridgehead atoms. The smallest absolute Gasteiger partial charge is 0.459 e. The zero-order valence-corrected chi connectivity index (χ0v) is 13.9. The second-order valence-electron chi connectivity index (χ2n) is 5.60. The summed E-state index contributed by atoms with van der Waals surface area (Å²) in [6.45, 7) is -1.53. The zero-order chi connectivity index (χ0) is 22.7. The number of hydrogen-bond donors (Lipinski definition) is 1. The van der Waals surface area contributed by atoms with Crippen molar-refractivity contribution in [3.8, 4) is 0 Å². The lowest BCUT2D eigenvalue weighted by Gasteiger charge is -2.24. The molecule has 0 aliphatic heterocycles. The van der Waals surface area contributed by atoms with Crippen LogP contribution in [0.5, 0.6) is 0 Å². The highest BCUT2D eigenvalue weighted by molar-refractivity contribution is 5.84. The normalized spacial score (nSPS) is 14.3. The highest BCUT2D eigenvalue weighted by Gasteiger charge is 2.65. The Morgan fingerprint density at radius 2 is 1.31 bits per heavy atom. The average Bonchev–Trinajstić information content (AvgIpc) is 2.58. The van der Waals surface area contributed by atoms with Gasteiger partial charge in [-0.1, -0.05) is 30.3 Å². The second kappa shape index (κ2) is 8.45. The zero-order valence-electron chi connectivity index (χ0n) is 13.9. The third kappa shape index (κ3) is 5.97. The van der Waals surface area contributed by atoms with Gasteiger partial charge in [0.1, 0.15) is 6.61 Å². The molecule has 164 valence electrons. The third-order valence-electron chi connectivity index (χ3n) is 3.33. The first-order valence-electron chi connectivity index (χ1n) is 7.41. The Morgan fingerprint density at radius 1 is 0.828 bits per heavy atom. The van der Waals surface area contributed by atoms with Gasteiger partial charge in [-0.3, -0.25) is 4.79 Å². The number of amides is 1. The number of carbonyl (C=O) groups is 2. The fourth-order valence-corrected chi connectivity index (χ4v) is 1.84. The number of halogens is 10. The van der Waals surface area contributed by atoms with Gasteiger partial charge in [0.2, 0.25) is 0 Å². The molecule has 0 saturated heterocycles. The summed E-state index contributed by atoms with van der Waals surface area (Å²) in [6.07, 6.45) is -13.2. The molecule has 1 amide bonds. The van der Waals surface area contributed by atoms with E-state index < -0.39 is 55.1 Å². The monoisotopic (exact) mass is 443 g/mol. The van der Waals surface area contributed by atoms with Crippen molar-refractivity contribution >= 4 is 11.9 Å². The molecule has 14 heteroatoms. The molecule has 4 nitrogen and oxygen atoms in total. The van der Waals surface area contributed by atoms with Crippen LogP contribution in [-0.2, 0) is 20.7 Å². The standard InChI is InChI=1S/C15H11F10NO3/c16-12(17,14(20,21)22)10(27)26-9(6-8-4-2-1-3-5-8)7-29-11(28)13(18,19)15(23,24)25/h1-5,9H,6-7H2,(H,26,27)/t9-/m0/s1. The summed E-state index contributed by atoms with van der Waals surface area (Å²) in [6, 6.07) is 4.83. The fourth-order valence-electron chi connectivity index (χ4n) is 1.84. The van der Waals surface area contributed by atoms with Gasteiger partial charge < -0.3 is 10.1 Å². The number of rotatable bonds is 7.